The maximum absolute atomic E-state index is 12.2. The molecule has 110 valence electrons. The summed E-state index contributed by atoms with van der Waals surface area (Å²) >= 11 is 0. The largest absolute Gasteiger partial charge is 0.377 e. The normalized spacial score (nSPS) is 16.2. The molecule has 0 aromatic heterocycles. The van der Waals surface area contributed by atoms with Crippen LogP contribution >= 0.6 is 0 Å². The molecule has 0 unspecified atom stereocenters. The Morgan fingerprint density at radius 3 is 2.85 bits per heavy atom. The monoisotopic (exact) mass is 277 g/mol. The minimum atomic E-state index is -0.0344. The SMILES string of the molecule is Cc1cccc(NC(=O)N2CCC(OCCN)CC2)c1. The van der Waals surface area contributed by atoms with Gasteiger partial charge in [-0.05, 0) is 37.5 Å². The van der Waals surface area contributed by atoms with Crippen LogP contribution in [0.4, 0.5) is 10.5 Å². The quantitative estimate of drug-likeness (QED) is 0.884. The van der Waals surface area contributed by atoms with E-state index in [2.05, 4.69) is 5.32 Å². The molecule has 1 fully saturated rings. The number of anilines is 1. The summed E-state index contributed by atoms with van der Waals surface area (Å²) in [6.45, 7) is 4.61. The van der Waals surface area contributed by atoms with Gasteiger partial charge in [-0.15, -0.1) is 0 Å². The number of likely N-dealkylation sites (tertiary alicyclic amines) is 1. The third kappa shape index (κ3) is 4.21. The molecule has 3 N–H and O–H groups in total. The lowest BCUT2D eigenvalue weighted by molar-refractivity contribution is 0.0201. The van der Waals surface area contributed by atoms with Gasteiger partial charge in [0.1, 0.15) is 0 Å². The van der Waals surface area contributed by atoms with E-state index in [0.29, 0.717) is 13.2 Å². The second kappa shape index (κ2) is 7.26. The molecule has 1 aliphatic rings. The van der Waals surface area contributed by atoms with Crippen LogP contribution in [0.5, 0.6) is 0 Å². The lowest BCUT2D eigenvalue weighted by Gasteiger charge is -2.31. The third-order valence-corrected chi connectivity index (χ3v) is 3.47. The van der Waals surface area contributed by atoms with Gasteiger partial charge in [0.05, 0.1) is 12.7 Å². The molecule has 1 aliphatic heterocycles. The highest BCUT2D eigenvalue weighted by atomic mass is 16.5. The molecule has 1 aromatic rings. The zero-order valence-corrected chi connectivity index (χ0v) is 12.0. The number of aryl methyl sites for hydroxylation is 1. The van der Waals surface area contributed by atoms with Crippen LogP contribution in [0, 0.1) is 6.92 Å². The average Bonchev–Trinajstić information content (AvgIpc) is 2.45. The Bertz CT molecular complexity index is 442. The van der Waals surface area contributed by atoms with E-state index in [-0.39, 0.29) is 12.1 Å². The second-order valence-corrected chi connectivity index (χ2v) is 5.15. The molecule has 0 atom stereocenters. The van der Waals surface area contributed by atoms with Crippen LogP contribution in [0.3, 0.4) is 0 Å². The van der Waals surface area contributed by atoms with Crippen molar-refractivity contribution in [1.29, 1.82) is 0 Å². The molecular weight excluding hydrogens is 254 g/mol. The smallest absolute Gasteiger partial charge is 0.321 e. The summed E-state index contributed by atoms with van der Waals surface area (Å²) in [5.41, 5.74) is 7.40. The van der Waals surface area contributed by atoms with E-state index in [1.165, 1.54) is 0 Å². The van der Waals surface area contributed by atoms with E-state index < -0.39 is 0 Å². The van der Waals surface area contributed by atoms with E-state index >= 15 is 0 Å². The Morgan fingerprint density at radius 1 is 1.45 bits per heavy atom. The first kappa shape index (κ1) is 14.8. The highest BCUT2D eigenvalue weighted by molar-refractivity contribution is 5.89. The highest BCUT2D eigenvalue weighted by Gasteiger charge is 2.23. The fourth-order valence-corrected chi connectivity index (χ4v) is 2.39. The topological polar surface area (TPSA) is 67.6 Å². The predicted octanol–water partition coefficient (Wildman–Crippen LogP) is 1.97. The van der Waals surface area contributed by atoms with E-state index in [0.717, 1.165) is 37.2 Å². The summed E-state index contributed by atoms with van der Waals surface area (Å²) in [6, 6.07) is 7.79. The minimum absolute atomic E-state index is 0.0344. The molecule has 5 nitrogen and oxygen atoms in total. The number of urea groups is 1. The van der Waals surface area contributed by atoms with Gasteiger partial charge in [0.25, 0.3) is 0 Å². The molecule has 1 heterocycles. The average molecular weight is 277 g/mol. The van der Waals surface area contributed by atoms with Crippen LogP contribution in [-0.4, -0.2) is 43.3 Å². The summed E-state index contributed by atoms with van der Waals surface area (Å²) in [5.74, 6) is 0. The number of rotatable bonds is 4. The van der Waals surface area contributed by atoms with Crippen LogP contribution < -0.4 is 11.1 Å². The summed E-state index contributed by atoms with van der Waals surface area (Å²) in [7, 11) is 0. The Labute approximate surface area is 120 Å². The van der Waals surface area contributed by atoms with Crippen molar-refractivity contribution in [2.24, 2.45) is 5.73 Å². The Morgan fingerprint density at radius 2 is 2.20 bits per heavy atom. The van der Waals surface area contributed by atoms with Gasteiger partial charge < -0.3 is 20.7 Å². The Balaban J connectivity index is 1.80. The molecule has 2 rings (SSSR count). The Hall–Kier alpha value is -1.59. The van der Waals surface area contributed by atoms with Gasteiger partial charge in [-0.25, -0.2) is 4.79 Å². The van der Waals surface area contributed by atoms with Gasteiger partial charge in [0.15, 0.2) is 0 Å². The molecule has 2 amide bonds. The van der Waals surface area contributed by atoms with Gasteiger partial charge in [0.2, 0.25) is 0 Å². The van der Waals surface area contributed by atoms with Gasteiger partial charge >= 0.3 is 6.03 Å². The van der Waals surface area contributed by atoms with Gasteiger partial charge in [-0.3, -0.25) is 0 Å². The number of ether oxygens (including phenoxy) is 1. The zero-order valence-electron chi connectivity index (χ0n) is 12.0. The fraction of sp³-hybridized carbons (Fsp3) is 0.533. The lowest BCUT2D eigenvalue weighted by atomic mass is 10.1. The van der Waals surface area contributed by atoms with E-state index in [9.17, 15) is 4.79 Å². The van der Waals surface area contributed by atoms with Crippen LogP contribution in [0.25, 0.3) is 0 Å². The van der Waals surface area contributed by atoms with Crippen LogP contribution in [0.1, 0.15) is 18.4 Å². The van der Waals surface area contributed by atoms with Crippen molar-refractivity contribution < 1.29 is 9.53 Å². The van der Waals surface area contributed by atoms with Gasteiger partial charge in [0, 0.05) is 25.3 Å². The molecular formula is C15H23N3O2. The van der Waals surface area contributed by atoms with Crippen molar-refractivity contribution in [3.8, 4) is 0 Å². The number of piperidine rings is 1. The van der Waals surface area contributed by atoms with Gasteiger partial charge in [-0.2, -0.15) is 0 Å². The van der Waals surface area contributed by atoms with Crippen molar-refractivity contribution in [1.82, 2.24) is 4.90 Å². The van der Waals surface area contributed by atoms with Crippen LogP contribution in [0.15, 0.2) is 24.3 Å². The maximum Gasteiger partial charge on any atom is 0.321 e. The van der Waals surface area contributed by atoms with E-state index in [1.807, 2.05) is 36.1 Å². The first-order valence-electron chi connectivity index (χ1n) is 7.13. The number of hydrogen-bond donors (Lipinski definition) is 2. The van der Waals surface area contributed by atoms with Gasteiger partial charge in [-0.1, -0.05) is 12.1 Å². The number of amides is 2. The molecule has 0 aliphatic carbocycles. The molecule has 0 bridgehead atoms. The molecule has 20 heavy (non-hydrogen) atoms. The Kier molecular flexibility index (Phi) is 5.38. The molecule has 0 radical (unpaired) electrons. The first-order valence-corrected chi connectivity index (χ1v) is 7.13. The summed E-state index contributed by atoms with van der Waals surface area (Å²) in [4.78, 5) is 14.0. The number of hydrogen-bond acceptors (Lipinski definition) is 3. The van der Waals surface area contributed by atoms with E-state index in [4.69, 9.17) is 10.5 Å². The molecule has 1 aromatic carbocycles. The van der Waals surface area contributed by atoms with Crippen molar-refractivity contribution in [2.75, 3.05) is 31.6 Å². The predicted molar refractivity (Wildman–Crippen MR) is 79.8 cm³/mol. The summed E-state index contributed by atoms with van der Waals surface area (Å²) < 4.78 is 5.61. The highest BCUT2D eigenvalue weighted by Crippen LogP contribution is 2.16. The lowest BCUT2D eigenvalue weighted by Crippen LogP contribution is -2.43. The van der Waals surface area contributed by atoms with Crippen molar-refractivity contribution in [2.45, 2.75) is 25.9 Å². The number of carbonyl (C=O) groups is 1. The molecule has 5 heteroatoms. The fourth-order valence-electron chi connectivity index (χ4n) is 2.39. The minimum Gasteiger partial charge on any atom is -0.377 e. The van der Waals surface area contributed by atoms with Crippen LogP contribution in [0.2, 0.25) is 0 Å². The first-order chi connectivity index (χ1) is 9.69. The second-order valence-electron chi connectivity index (χ2n) is 5.15. The number of benzene rings is 1. The molecule has 0 saturated carbocycles. The van der Waals surface area contributed by atoms with Crippen LogP contribution in [-0.2, 0) is 4.74 Å². The summed E-state index contributed by atoms with van der Waals surface area (Å²) in [6.07, 6.45) is 1.99. The van der Waals surface area contributed by atoms with E-state index in [1.54, 1.807) is 0 Å². The molecule has 0 spiro atoms. The number of carbonyl (C=O) groups excluding carboxylic acids is 1. The third-order valence-electron chi connectivity index (χ3n) is 3.47. The number of nitrogens with two attached hydrogens (primary N) is 1. The number of nitrogens with zero attached hydrogens (tertiary/aromatic N) is 1. The maximum atomic E-state index is 12.2. The summed E-state index contributed by atoms with van der Waals surface area (Å²) in [5, 5.41) is 2.94. The van der Waals surface area contributed by atoms with Crippen molar-refractivity contribution in [3.63, 3.8) is 0 Å². The van der Waals surface area contributed by atoms with Crippen molar-refractivity contribution in [3.05, 3.63) is 29.8 Å². The molecule has 1 saturated heterocycles. The number of nitrogens with one attached hydrogen (secondary N) is 1. The zero-order chi connectivity index (χ0) is 14.4. The van der Waals surface area contributed by atoms with Crippen molar-refractivity contribution >= 4 is 11.7 Å². The standard InChI is InChI=1S/C15H23N3O2/c1-12-3-2-4-13(11-12)17-15(19)18-8-5-14(6-9-18)20-10-7-16/h2-4,11,14H,5-10,16H2,1H3,(H,17,19).